The fraction of sp³-hybridized carbons (Fsp3) is 0.500. The first-order chi connectivity index (χ1) is 16.5. The topological polar surface area (TPSA) is 85.6 Å². The molecule has 1 fully saturated rings. The van der Waals surface area contributed by atoms with Crippen molar-refractivity contribution in [3.05, 3.63) is 42.0 Å². The number of imidazole rings is 1. The smallest absolute Gasteiger partial charge is 0.307 e. The third kappa shape index (κ3) is 5.72. The number of anilines is 2. The van der Waals surface area contributed by atoms with Crippen LogP contribution in [0.5, 0.6) is 11.5 Å². The Hall–Kier alpha value is -3.22. The number of carbonyl (C=O) groups is 1. The Balaban J connectivity index is 1.80. The minimum atomic E-state index is -0.896. The van der Waals surface area contributed by atoms with E-state index in [-0.39, 0.29) is 24.0 Å². The van der Waals surface area contributed by atoms with E-state index in [0.29, 0.717) is 17.2 Å². The number of methoxy groups -OCH3 is 1. The standard InChI is InChI=1S/C28H37N3O4/c1-17(2)35-22-9-7-20(8-10-22)29-27-30-23-12-19(13-26(32)33)25(34-6)14-24(23)31(27)21-11-18(3)15-28(4,5)16-21/h7-10,12,14,17-18,21H,11,13,15-16H2,1-6H3,(H,29,30)(H,32,33)/t18-,21-/m1/s1. The molecular weight excluding hydrogens is 442 g/mol. The molecule has 0 unspecified atom stereocenters. The van der Waals surface area contributed by atoms with Crippen LogP contribution in [0, 0.1) is 11.3 Å². The summed E-state index contributed by atoms with van der Waals surface area (Å²) in [7, 11) is 1.58. The fourth-order valence-corrected chi connectivity index (χ4v) is 5.62. The number of rotatable bonds is 8. The average molecular weight is 480 g/mol. The van der Waals surface area contributed by atoms with Gasteiger partial charge in [-0.05, 0) is 74.8 Å². The molecule has 188 valence electrons. The Morgan fingerprint density at radius 1 is 1.23 bits per heavy atom. The summed E-state index contributed by atoms with van der Waals surface area (Å²) in [6, 6.07) is 11.9. The van der Waals surface area contributed by atoms with E-state index in [2.05, 4.69) is 30.7 Å². The molecule has 1 saturated carbocycles. The SMILES string of the molecule is COc1cc2c(cc1CC(=O)O)nc(Nc1ccc(OC(C)C)cc1)n2[C@@H]1C[C@@H](C)CC(C)(C)C1. The van der Waals surface area contributed by atoms with Gasteiger partial charge in [0.05, 0.1) is 30.7 Å². The lowest BCUT2D eigenvalue weighted by molar-refractivity contribution is -0.136. The first-order valence-corrected chi connectivity index (χ1v) is 12.4. The number of ether oxygens (including phenoxy) is 2. The van der Waals surface area contributed by atoms with E-state index in [1.165, 1.54) is 6.42 Å². The third-order valence-electron chi connectivity index (χ3n) is 6.64. The molecule has 1 aliphatic rings. The van der Waals surface area contributed by atoms with Gasteiger partial charge >= 0.3 is 5.97 Å². The highest BCUT2D eigenvalue weighted by Gasteiger charge is 2.35. The predicted molar refractivity (Wildman–Crippen MR) is 139 cm³/mol. The van der Waals surface area contributed by atoms with E-state index < -0.39 is 5.97 Å². The predicted octanol–water partition coefficient (Wildman–Crippen LogP) is 6.59. The molecule has 0 aliphatic heterocycles. The van der Waals surface area contributed by atoms with Crippen molar-refractivity contribution in [1.82, 2.24) is 9.55 Å². The minimum absolute atomic E-state index is 0.112. The molecule has 7 heteroatoms. The maximum atomic E-state index is 11.4. The van der Waals surface area contributed by atoms with Crippen LogP contribution in [0.4, 0.5) is 11.6 Å². The van der Waals surface area contributed by atoms with Crippen LogP contribution in [0.15, 0.2) is 36.4 Å². The molecule has 2 aromatic carbocycles. The van der Waals surface area contributed by atoms with Crippen molar-refractivity contribution in [3.63, 3.8) is 0 Å². The first-order valence-electron chi connectivity index (χ1n) is 12.4. The minimum Gasteiger partial charge on any atom is -0.496 e. The highest BCUT2D eigenvalue weighted by atomic mass is 16.5. The van der Waals surface area contributed by atoms with E-state index in [9.17, 15) is 9.90 Å². The van der Waals surface area contributed by atoms with E-state index in [1.54, 1.807) is 7.11 Å². The molecule has 1 aliphatic carbocycles. The number of carboxylic acids is 1. The van der Waals surface area contributed by atoms with Gasteiger partial charge in [-0.2, -0.15) is 0 Å². The van der Waals surface area contributed by atoms with Gasteiger partial charge in [0.15, 0.2) is 0 Å². The van der Waals surface area contributed by atoms with Gasteiger partial charge in [0.1, 0.15) is 11.5 Å². The summed E-state index contributed by atoms with van der Waals surface area (Å²) < 4.78 is 13.7. The van der Waals surface area contributed by atoms with Gasteiger partial charge in [0, 0.05) is 23.4 Å². The molecule has 2 atom stereocenters. The molecule has 1 heterocycles. The van der Waals surface area contributed by atoms with Crippen molar-refractivity contribution in [3.8, 4) is 11.5 Å². The number of fused-ring (bicyclic) bond motifs is 1. The van der Waals surface area contributed by atoms with Crippen LogP contribution in [0.3, 0.4) is 0 Å². The van der Waals surface area contributed by atoms with Gasteiger partial charge in [0.2, 0.25) is 5.95 Å². The Morgan fingerprint density at radius 2 is 1.94 bits per heavy atom. The van der Waals surface area contributed by atoms with Gasteiger partial charge in [0.25, 0.3) is 0 Å². The lowest BCUT2D eigenvalue weighted by Crippen LogP contribution is -2.29. The second-order valence-electron chi connectivity index (χ2n) is 10.9. The zero-order valence-electron chi connectivity index (χ0n) is 21.6. The number of aliphatic carboxylic acids is 1. The molecule has 0 spiro atoms. The first kappa shape index (κ1) is 24.9. The van der Waals surface area contributed by atoms with Crippen molar-refractivity contribution < 1.29 is 19.4 Å². The molecule has 0 bridgehead atoms. The van der Waals surface area contributed by atoms with E-state index >= 15 is 0 Å². The summed E-state index contributed by atoms with van der Waals surface area (Å²) in [4.78, 5) is 16.4. The largest absolute Gasteiger partial charge is 0.496 e. The van der Waals surface area contributed by atoms with Crippen molar-refractivity contribution in [2.75, 3.05) is 12.4 Å². The van der Waals surface area contributed by atoms with E-state index in [0.717, 1.165) is 41.3 Å². The second-order valence-corrected chi connectivity index (χ2v) is 10.9. The van der Waals surface area contributed by atoms with Crippen LogP contribution in [0.2, 0.25) is 0 Å². The van der Waals surface area contributed by atoms with Crippen LogP contribution in [-0.4, -0.2) is 33.8 Å². The zero-order valence-corrected chi connectivity index (χ0v) is 21.6. The van der Waals surface area contributed by atoms with Crippen LogP contribution >= 0.6 is 0 Å². The normalized spacial score (nSPS) is 19.6. The quantitative estimate of drug-likeness (QED) is 0.379. The lowest BCUT2D eigenvalue weighted by Gasteiger charge is -2.40. The summed E-state index contributed by atoms with van der Waals surface area (Å²) in [6.45, 7) is 11.0. The molecular formula is C28H37N3O4. The molecule has 35 heavy (non-hydrogen) atoms. The number of nitrogens with zero attached hydrogens (tertiary/aromatic N) is 2. The highest BCUT2D eigenvalue weighted by Crippen LogP contribution is 2.46. The summed E-state index contributed by atoms with van der Waals surface area (Å²) in [5.41, 5.74) is 3.47. The Kier molecular flexibility index (Phi) is 6.97. The van der Waals surface area contributed by atoms with Crippen LogP contribution in [0.25, 0.3) is 11.0 Å². The van der Waals surface area contributed by atoms with Crippen molar-refractivity contribution >= 4 is 28.6 Å². The molecule has 1 aromatic heterocycles. The second kappa shape index (κ2) is 9.80. The summed E-state index contributed by atoms with van der Waals surface area (Å²) >= 11 is 0. The van der Waals surface area contributed by atoms with Crippen molar-refractivity contribution in [2.45, 2.75) is 72.4 Å². The maximum absolute atomic E-state index is 11.4. The van der Waals surface area contributed by atoms with Crippen LogP contribution in [-0.2, 0) is 11.2 Å². The van der Waals surface area contributed by atoms with Gasteiger partial charge in [-0.15, -0.1) is 0 Å². The van der Waals surface area contributed by atoms with Crippen molar-refractivity contribution in [1.29, 1.82) is 0 Å². The lowest BCUT2D eigenvalue weighted by atomic mass is 9.70. The summed E-state index contributed by atoms with van der Waals surface area (Å²) in [5, 5.41) is 12.9. The van der Waals surface area contributed by atoms with Gasteiger partial charge in [-0.25, -0.2) is 4.98 Å². The maximum Gasteiger partial charge on any atom is 0.307 e. The number of nitrogens with one attached hydrogen (secondary N) is 1. The number of hydrogen-bond donors (Lipinski definition) is 2. The average Bonchev–Trinajstić information content (AvgIpc) is 3.08. The molecule has 0 saturated heterocycles. The third-order valence-corrected chi connectivity index (χ3v) is 6.64. The van der Waals surface area contributed by atoms with Gasteiger partial charge in [-0.3, -0.25) is 4.79 Å². The Bertz CT molecular complexity index is 1200. The zero-order chi connectivity index (χ0) is 25.3. The molecule has 7 nitrogen and oxygen atoms in total. The Morgan fingerprint density at radius 3 is 2.54 bits per heavy atom. The van der Waals surface area contributed by atoms with E-state index in [1.807, 2.05) is 50.2 Å². The summed E-state index contributed by atoms with van der Waals surface area (Å²) in [5.74, 6) is 1.85. The summed E-state index contributed by atoms with van der Waals surface area (Å²) in [6.07, 6.45) is 3.30. The van der Waals surface area contributed by atoms with Gasteiger partial charge in [-0.1, -0.05) is 20.8 Å². The molecule has 4 rings (SSSR count). The molecule has 2 N–H and O–H groups in total. The number of hydrogen-bond acceptors (Lipinski definition) is 5. The number of carboxylic acid groups (broad SMARTS) is 1. The molecule has 3 aromatic rings. The number of aromatic nitrogens is 2. The highest BCUT2D eigenvalue weighted by molar-refractivity contribution is 5.84. The number of benzene rings is 2. The molecule has 0 radical (unpaired) electrons. The monoisotopic (exact) mass is 479 g/mol. The Labute approximate surface area is 207 Å². The molecule has 0 amide bonds. The van der Waals surface area contributed by atoms with E-state index in [4.69, 9.17) is 14.5 Å². The van der Waals surface area contributed by atoms with Crippen LogP contribution < -0.4 is 14.8 Å². The fourth-order valence-electron chi connectivity index (χ4n) is 5.62. The van der Waals surface area contributed by atoms with Gasteiger partial charge < -0.3 is 24.5 Å². The van der Waals surface area contributed by atoms with Crippen LogP contribution in [0.1, 0.15) is 65.5 Å². The van der Waals surface area contributed by atoms with Crippen molar-refractivity contribution in [2.24, 2.45) is 11.3 Å².